The summed E-state index contributed by atoms with van der Waals surface area (Å²) < 4.78 is 2.21. The second kappa shape index (κ2) is 7.32. The predicted octanol–water partition coefficient (Wildman–Crippen LogP) is 5.88. The van der Waals surface area contributed by atoms with E-state index in [4.69, 9.17) is 10.7 Å². The molecule has 6 aromatic rings. The van der Waals surface area contributed by atoms with Gasteiger partial charge in [-0.1, -0.05) is 18.2 Å². The highest BCUT2D eigenvalue weighted by atomic mass is 15.1. The van der Waals surface area contributed by atoms with Crippen LogP contribution in [0.25, 0.3) is 50.0 Å². The summed E-state index contributed by atoms with van der Waals surface area (Å²) in [6, 6.07) is 26.6. The first-order valence-electron chi connectivity index (χ1n) is 10.4. The summed E-state index contributed by atoms with van der Waals surface area (Å²) in [4.78, 5) is 13.4. The predicted molar refractivity (Wildman–Crippen MR) is 129 cm³/mol. The van der Waals surface area contributed by atoms with E-state index in [0.29, 0.717) is 0 Å². The minimum Gasteiger partial charge on any atom is -0.399 e. The van der Waals surface area contributed by atoms with Gasteiger partial charge in [0.1, 0.15) is 5.82 Å². The first kappa shape index (κ1) is 18.3. The van der Waals surface area contributed by atoms with Crippen LogP contribution in [0.4, 0.5) is 5.69 Å². The number of rotatable bonds is 3. The van der Waals surface area contributed by atoms with Crippen LogP contribution >= 0.6 is 0 Å². The van der Waals surface area contributed by atoms with Crippen LogP contribution in [0.2, 0.25) is 0 Å². The maximum absolute atomic E-state index is 6.13. The average molecular weight is 413 g/mol. The molecule has 6 rings (SSSR count). The Hall–Kier alpha value is -4.51. The van der Waals surface area contributed by atoms with E-state index >= 15 is 0 Å². The van der Waals surface area contributed by atoms with Gasteiger partial charge in [0, 0.05) is 46.8 Å². The fraction of sp³-hybridized carbons (Fsp3) is 0. The maximum Gasteiger partial charge on any atom is 0.138 e. The first-order chi connectivity index (χ1) is 15.8. The van der Waals surface area contributed by atoms with Crippen LogP contribution in [-0.4, -0.2) is 19.5 Å². The van der Waals surface area contributed by atoms with Crippen molar-refractivity contribution in [3.63, 3.8) is 0 Å². The van der Waals surface area contributed by atoms with E-state index in [2.05, 4.69) is 57.0 Å². The van der Waals surface area contributed by atoms with Gasteiger partial charge < -0.3 is 5.73 Å². The number of aromatic nitrogens is 4. The Labute approximate surface area is 184 Å². The van der Waals surface area contributed by atoms with E-state index in [-0.39, 0.29) is 0 Å². The quantitative estimate of drug-likeness (QED) is 0.368. The molecular weight excluding hydrogens is 394 g/mol. The number of pyridine rings is 3. The molecule has 2 aromatic carbocycles. The van der Waals surface area contributed by atoms with Gasteiger partial charge >= 0.3 is 0 Å². The van der Waals surface area contributed by atoms with E-state index in [1.54, 1.807) is 12.4 Å². The maximum atomic E-state index is 6.13. The molecule has 5 nitrogen and oxygen atoms in total. The Balaban J connectivity index is 1.70. The van der Waals surface area contributed by atoms with E-state index in [0.717, 1.165) is 55.7 Å². The van der Waals surface area contributed by atoms with E-state index in [1.807, 2.05) is 48.8 Å². The zero-order valence-corrected chi connectivity index (χ0v) is 17.2. The van der Waals surface area contributed by atoms with Crippen molar-refractivity contribution in [1.29, 1.82) is 0 Å². The summed E-state index contributed by atoms with van der Waals surface area (Å²) in [6.45, 7) is 0. The van der Waals surface area contributed by atoms with Crippen molar-refractivity contribution in [2.24, 2.45) is 0 Å². The number of hydrogen-bond acceptors (Lipinski definition) is 4. The molecule has 32 heavy (non-hydrogen) atoms. The summed E-state index contributed by atoms with van der Waals surface area (Å²) in [5.41, 5.74) is 13.1. The number of benzene rings is 2. The second-order valence-electron chi connectivity index (χ2n) is 7.70. The third-order valence-electron chi connectivity index (χ3n) is 5.73. The molecule has 2 N–H and O–H groups in total. The number of fused-ring (bicyclic) bond motifs is 3. The van der Waals surface area contributed by atoms with Crippen LogP contribution in [0, 0.1) is 0 Å². The van der Waals surface area contributed by atoms with E-state index in [1.165, 1.54) is 0 Å². The van der Waals surface area contributed by atoms with Gasteiger partial charge in [0.05, 0.1) is 16.7 Å². The van der Waals surface area contributed by atoms with Crippen molar-refractivity contribution in [1.82, 2.24) is 19.5 Å². The lowest BCUT2D eigenvalue weighted by Crippen LogP contribution is -2.00. The molecule has 4 aromatic heterocycles. The van der Waals surface area contributed by atoms with Crippen LogP contribution in [-0.2, 0) is 0 Å². The third kappa shape index (κ3) is 2.99. The Kier molecular flexibility index (Phi) is 4.18. The molecule has 0 saturated carbocycles. The Morgan fingerprint density at radius 3 is 2.06 bits per heavy atom. The van der Waals surface area contributed by atoms with Crippen molar-refractivity contribution in [3.8, 4) is 28.2 Å². The molecule has 0 unspecified atom stereocenters. The monoisotopic (exact) mass is 413 g/mol. The molecule has 5 heteroatoms. The van der Waals surface area contributed by atoms with Gasteiger partial charge in [-0.2, -0.15) is 0 Å². The highest BCUT2D eigenvalue weighted by Gasteiger charge is 2.15. The van der Waals surface area contributed by atoms with E-state index < -0.39 is 0 Å². The topological polar surface area (TPSA) is 69.6 Å². The minimum atomic E-state index is 0.747. The van der Waals surface area contributed by atoms with Crippen LogP contribution < -0.4 is 5.73 Å². The largest absolute Gasteiger partial charge is 0.399 e. The highest BCUT2D eigenvalue weighted by Crippen LogP contribution is 2.35. The summed E-state index contributed by atoms with van der Waals surface area (Å²) in [6.07, 6.45) is 7.20. The number of nitrogen functional groups attached to an aromatic ring is 1. The lowest BCUT2D eigenvalue weighted by Gasteiger charge is -2.12. The van der Waals surface area contributed by atoms with Gasteiger partial charge in [-0.25, -0.2) is 4.98 Å². The minimum absolute atomic E-state index is 0.747. The summed E-state index contributed by atoms with van der Waals surface area (Å²) in [5.74, 6) is 0.849. The number of hydrogen-bond donors (Lipinski definition) is 1. The molecule has 0 bridgehead atoms. The third-order valence-corrected chi connectivity index (χ3v) is 5.73. The second-order valence-corrected chi connectivity index (χ2v) is 7.70. The van der Waals surface area contributed by atoms with Gasteiger partial charge in [0.25, 0.3) is 0 Å². The van der Waals surface area contributed by atoms with Crippen LogP contribution in [0.15, 0.2) is 104 Å². The molecule has 4 heterocycles. The highest BCUT2D eigenvalue weighted by molar-refractivity contribution is 6.10. The van der Waals surface area contributed by atoms with Gasteiger partial charge in [0.15, 0.2) is 0 Å². The molecule has 0 radical (unpaired) electrons. The molecule has 152 valence electrons. The van der Waals surface area contributed by atoms with Crippen LogP contribution in [0.1, 0.15) is 0 Å². The van der Waals surface area contributed by atoms with Crippen molar-refractivity contribution in [3.05, 3.63) is 104 Å². The average Bonchev–Trinajstić information content (AvgIpc) is 3.18. The lowest BCUT2D eigenvalue weighted by molar-refractivity contribution is 1.08. The zero-order chi connectivity index (χ0) is 21.5. The number of para-hydroxylation sites is 1. The Bertz CT molecular complexity index is 1510. The molecule has 0 aliphatic heterocycles. The van der Waals surface area contributed by atoms with Crippen molar-refractivity contribution in [2.75, 3.05) is 5.73 Å². The Morgan fingerprint density at radius 2 is 1.28 bits per heavy atom. The van der Waals surface area contributed by atoms with E-state index in [9.17, 15) is 0 Å². The fourth-order valence-corrected chi connectivity index (χ4v) is 4.25. The summed E-state index contributed by atoms with van der Waals surface area (Å²) in [5, 5.41) is 2.26. The summed E-state index contributed by atoms with van der Waals surface area (Å²) in [7, 11) is 0. The van der Waals surface area contributed by atoms with Gasteiger partial charge in [-0.15, -0.1) is 0 Å². The zero-order valence-electron chi connectivity index (χ0n) is 17.2. The van der Waals surface area contributed by atoms with Crippen LogP contribution in [0.3, 0.4) is 0 Å². The van der Waals surface area contributed by atoms with Crippen molar-refractivity contribution < 1.29 is 0 Å². The molecule has 0 amide bonds. The van der Waals surface area contributed by atoms with Crippen molar-refractivity contribution in [2.45, 2.75) is 0 Å². The van der Waals surface area contributed by atoms with Crippen molar-refractivity contribution >= 4 is 27.5 Å². The molecule has 0 spiro atoms. The number of nitrogens with zero attached hydrogens (tertiary/aromatic N) is 4. The van der Waals surface area contributed by atoms with Gasteiger partial charge in [0.2, 0.25) is 0 Å². The van der Waals surface area contributed by atoms with Crippen LogP contribution in [0.5, 0.6) is 0 Å². The molecule has 0 fully saturated rings. The molecular formula is C27H19N5. The molecule has 0 aliphatic carbocycles. The molecule has 0 atom stereocenters. The number of nitrogens with two attached hydrogens (primary N) is 1. The fourth-order valence-electron chi connectivity index (χ4n) is 4.25. The lowest BCUT2D eigenvalue weighted by atomic mass is 10.0. The van der Waals surface area contributed by atoms with Gasteiger partial charge in [-0.05, 0) is 71.8 Å². The SMILES string of the molecule is Nc1ccc2c(c1)c1ccccc1n2-c1cc(-c2ccncc2)cc(-c2ccncc2)n1. The van der Waals surface area contributed by atoms with Gasteiger partial charge in [-0.3, -0.25) is 14.5 Å². The molecule has 0 aliphatic rings. The summed E-state index contributed by atoms with van der Waals surface area (Å²) >= 11 is 0. The first-order valence-corrected chi connectivity index (χ1v) is 10.4. The standard InChI is InChI=1S/C27H19N5/c28-21-5-6-26-23(17-21)22-3-1-2-4-25(22)32(26)27-16-20(18-7-11-29-12-8-18)15-24(31-27)19-9-13-30-14-10-19/h1-17H,28H2. The smallest absolute Gasteiger partial charge is 0.138 e. The normalized spacial score (nSPS) is 11.2. The molecule has 0 saturated heterocycles. The Morgan fingerprint density at radius 1 is 0.594 bits per heavy atom. The number of anilines is 1.